The first-order valence-electron chi connectivity index (χ1n) is 15.3. The van der Waals surface area contributed by atoms with Crippen molar-refractivity contribution in [1.29, 1.82) is 0 Å². The Bertz CT molecular complexity index is 1740. The number of alkyl halides is 2. The minimum atomic E-state index is -3.98. The first kappa shape index (κ1) is 36.8. The van der Waals surface area contributed by atoms with Crippen molar-refractivity contribution in [1.82, 2.24) is 4.90 Å². The third-order valence-corrected chi connectivity index (χ3v) is 9.83. The number of anilines is 1. The fraction of sp³-hybridized carbons (Fsp3) is 0.438. The Morgan fingerprint density at radius 1 is 1.10 bits per heavy atom. The molecule has 1 aromatic heterocycles. The zero-order valence-corrected chi connectivity index (χ0v) is 28.7. The van der Waals surface area contributed by atoms with Gasteiger partial charge in [-0.3, -0.25) is 9.21 Å². The second kappa shape index (κ2) is 16.0. The standard InChI is InChI=1S/C32H34Cl2F3N3O8S/c1-49(43,44)40(9-8-38-10-12-45-13-11-38)27-14-22(4-6-26(27)35)31(41)47-29(16-23-24(33)17-39(42)18-25(23)34)21-5-7-28(48-32(36)37)30(15-21)46-19-20-2-3-20/h4-7,14-15,17-18,20,29,32H,2-3,8-13,16,19H2,1H3/t29-/m0/s1. The van der Waals surface area contributed by atoms with Crippen molar-refractivity contribution in [3.8, 4) is 11.5 Å². The highest BCUT2D eigenvalue weighted by Gasteiger charge is 2.28. The first-order valence-corrected chi connectivity index (χ1v) is 18.0. The molecule has 49 heavy (non-hydrogen) atoms. The average Bonchev–Trinajstić information content (AvgIpc) is 3.87. The fourth-order valence-electron chi connectivity index (χ4n) is 5.21. The summed E-state index contributed by atoms with van der Waals surface area (Å²) in [4.78, 5) is 15.7. The Balaban J connectivity index is 1.47. The summed E-state index contributed by atoms with van der Waals surface area (Å²) < 4.78 is 90.1. The number of halogens is 5. The summed E-state index contributed by atoms with van der Waals surface area (Å²) in [7, 11) is -3.98. The van der Waals surface area contributed by atoms with Gasteiger partial charge in [-0.05, 0) is 54.7 Å². The molecule has 1 atom stereocenters. The molecule has 2 fully saturated rings. The van der Waals surface area contributed by atoms with Crippen molar-refractivity contribution in [3.63, 3.8) is 0 Å². The maximum absolute atomic E-state index is 15.2. The van der Waals surface area contributed by atoms with Gasteiger partial charge in [0, 0.05) is 38.2 Å². The number of ether oxygens (including phenoxy) is 4. The number of sulfonamides is 1. The maximum atomic E-state index is 15.2. The van der Waals surface area contributed by atoms with E-state index in [0.29, 0.717) is 37.6 Å². The van der Waals surface area contributed by atoms with Crippen LogP contribution in [0.25, 0.3) is 0 Å². The number of carbonyl (C=O) groups is 1. The quantitative estimate of drug-likeness (QED) is 0.114. The Labute approximate surface area is 291 Å². The smallest absolute Gasteiger partial charge is 0.387 e. The zero-order valence-electron chi connectivity index (χ0n) is 26.3. The maximum Gasteiger partial charge on any atom is 0.387 e. The second-order valence-electron chi connectivity index (χ2n) is 11.7. The molecule has 5 rings (SSSR count). The van der Waals surface area contributed by atoms with Gasteiger partial charge in [-0.2, -0.15) is 13.5 Å². The number of nitrogens with zero attached hydrogens (tertiary/aromatic N) is 3. The van der Waals surface area contributed by atoms with Crippen LogP contribution in [0.4, 0.5) is 18.9 Å². The Morgan fingerprint density at radius 3 is 2.43 bits per heavy atom. The van der Waals surface area contributed by atoms with E-state index in [4.69, 9.17) is 37.4 Å². The van der Waals surface area contributed by atoms with Crippen LogP contribution in [0.2, 0.25) is 10.0 Å². The van der Waals surface area contributed by atoms with Crippen LogP contribution in [0.1, 0.15) is 40.4 Å². The normalized spacial score (nSPS) is 16.0. The van der Waals surface area contributed by atoms with E-state index in [2.05, 4.69) is 4.74 Å². The minimum absolute atomic E-state index is 0.0125. The van der Waals surface area contributed by atoms with Crippen LogP contribution >= 0.6 is 23.2 Å². The molecular formula is C32H34Cl2F3N3O8S. The highest BCUT2D eigenvalue weighted by Crippen LogP contribution is 2.38. The van der Waals surface area contributed by atoms with Gasteiger partial charge in [0.1, 0.15) is 22.0 Å². The van der Waals surface area contributed by atoms with Gasteiger partial charge in [-0.25, -0.2) is 17.6 Å². The molecule has 0 amide bonds. The van der Waals surface area contributed by atoms with Gasteiger partial charge in [0.2, 0.25) is 10.0 Å². The van der Waals surface area contributed by atoms with Crippen LogP contribution in [0.15, 0.2) is 48.8 Å². The molecule has 1 saturated heterocycles. The van der Waals surface area contributed by atoms with Crippen LogP contribution in [0.3, 0.4) is 0 Å². The number of benzene rings is 2. The molecule has 11 nitrogen and oxygen atoms in total. The summed E-state index contributed by atoms with van der Waals surface area (Å²) in [6, 6.07) is 7.23. The molecule has 3 aromatic rings. The van der Waals surface area contributed by atoms with Gasteiger partial charge in [-0.15, -0.1) is 0 Å². The lowest BCUT2D eigenvalue weighted by Gasteiger charge is -2.30. The number of aromatic nitrogens is 1. The predicted molar refractivity (Wildman–Crippen MR) is 174 cm³/mol. The number of carbonyl (C=O) groups excluding carboxylic acids is 1. The van der Waals surface area contributed by atoms with Gasteiger partial charge in [0.25, 0.3) is 0 Å². The minimum Gasteiger partial charge on any atom is -0.619 e. The number of morpholine rings is 1. The molecule has 1 aliphatic heterocycles. The molecule has 1 saturated carbocycles. The number of pyridine rings is 1. The lowest BCUT2D eigenvalue weighted by molar-refractivity contribution is -0.605. The molecule has 0 bridgehead atoms. The SMILES string of the molecule is CS(=O)(=O)N(CCN1CCOCC1)c1cc(C(=O)O[C@@H](Cc2c(Cl)c[n+]([O-])cc2Cl)c2ccc(OC(F)F)c(OCC3CC3)c2)ccc1F. The molecule has 0 unspecified atom stereocenters. The first-order chi connectivity index (χ1) is 23.3. The number of hydrogen-bond acceptors (Lipinski definition) is 9. The van der Waals surface area contributed by atoms with E-state index in [1.807, 2.05) is 4.90 Å². The largest absolute Gasteiger partial charge is 0.619 e. The zero-order chi connectivity index (χ0) is 35.3. The van der Waals surface area contributed by atoms with Crippen LogP contribution < -0.4 is 18.5 Å². The summed E-state index contributed by atoms with van der Waals surface area (Å²) >= 11 is 12.7. The molecule has 2 aliphatic rings. The van der Waals surface area contributed by atoms with E-state index in [1.165, 1.54) is 18.2 Å². The van der Waals surface area contributed by atoms with Crippen molar-refractivity contribution in [2.24, 2.45) is 5.92 Å². The van der Waals surface area contributed by atoms with Crippen molar-refractivity contribution in [2.75, 3.05) is 56.6 Å². The second-order valence-corrected chi connectivity index (χ2v) is 14.4. The van der Waals surface area contributed by atoms with Gasteiger partial charge in [0.15, 0.2) is 23.9 Å². The van der Waals surface area contributed by atoms with E-state index < -0.39 is 34.5 Å². The third kappa shape index (κ3) is 10.0. The molecular weight excluding hydrogens is 714 g/mol. The van der Waals surface area contributed by atoms with Crippen molar-refractivity contribution < 1.29 is 50.1 Å². The van der Waals surface area contributed by atoms with Crippen LogP contribution in [-0.2, 0) is 25.9 Å². The van der Waals surface area contributed by atoms with Gasteiger partial charge >= 0.3 is 12.6 Å². The highest BCUT2D eigenvalue weighted by atomic mass is 35.5. The number of esters is 1. The van der Waals surface area contributed by atoms with E-state index >= 15 is 4.39 Å². The van der Waals surface area contributed by atoms with Gasteiger partial charge < -0.3 is 24.2 Å². The van der Waals surface area contributed by atoms with Crippen molar-refractivity contribution in [3.05, 3.63) is 86.6 Å². The summed E-state index contributed by atoms with van der Waals surface area (Å²) in [6.45, 7) is -0.514. The summed E-state index contributed by atoms with van der Waals surface area (Å²) in [5.41, 5.74) is -0.00258. The number of hydrogen-bond donors (Lipinski definition) is 0. The average molecular weight is 749 g/mol. The molecule has 17 heteroatoms. The molecule has 0 radical (unpaired) electrons. The highest BCUT2D eigenvalue weighted by molar-refractivity contribution is 7.92. The van der Waals surface area contributed by atoms with E-state index in [1.54, 1.807) is 0 Å². The summed E-state index contributed by atoms with van der Waals surface area (Å²) in [5.74, 6) is -1.81. The summed E-state index contributed by atoms with van der Waals surface area (Å²) in [5, 5.41) is 11.8. The van der Waals surface area contributed by atoms with Crippen LogP contribution in [0, 0.1) is 16.9 Å². The van der Waals surface area contributed by atoms with Crippen molar-refractivity contribution in [2.45, 2.75) is 32.0 Å². The van der Waals surface area contributed by atoms with Crippen LogP contribution in [-0.4, -0.2) is 78.2 Å². The molecule has 1 aliphatic carbocycles. The molecule has 2 aromatic carbocycles. The molecule has 266 valence electrons. The van der Waals surface area contributed by atoms with Gasteiger partial charge in [-0.1, -0.05) is 29.3 Å². The number of rotatable bonds is 15. The lowest BCUT2D eigenvalue weighted by Crippen LogP contribution is -2.43. The fourth-order valence-corrected chi connectivity index (χ4v) is 6.72. The van der Waals surface area contributed by atoms with Crippen LogP contribution in [0.5, 0.6) is 11.5 Å². The van der Waals surface area contributed by atoms with Gasteiger partial charge in [0.05, 0.1) is 37.3 Å². The third-order valence-electron chi connectivity index (χ3n) is 8.00. The molecule has 0 spiro atoms. The summed E-state index contributed by atoms with van der Waals surface area (Å²) in [6.07, 6.45) is 3.55. The Morgan fingerprint density at radius 2 is 1.80 bits per heavy atom. The topological polar surface area (TPSA) is 122 Å². The Kier molecular flexibility index (Phi) is 12.0. The monoisotopic (exact) mass is 747 g/mol. The lowest BCUT2D eigenvalue weighted by atomic mass is 10.0. The van der Waals surface area contributed by atoms with E-state index in [-0.39, 0.29) is 69.4 Å². The van der Waals surface area contributed by atoms with Crippen molar-refractivity contribution >= 4 is 44.9 Å². The van der Waals surface area contributed by atoms with E-state index in [0.717, 1.165) is 54.0 Å². The Hall–Kier alpha value is -3.50. The molecule has 2 heterocycles. The molecule has 0 N–H and O–H groups in total. The predicted octanol–water partition coefficient (Wildman–Crippen LogP) is 5.40. The van der Waals surface area contributed by atoms with E-state index in [9.17, 15) is 27.2 Å².